The Labute approximate surface area is 126 Å². The van der Waals surface area contributed by atoms with Crippen molar-refractivity contribution in [1.29, 1.82) is 0 Å². The zero-order chi connectivity index (χ0) is 15.6. The molecule has 0 bridgehead atoms. The van der Waals surface area contributed by atoms with E-state index in [1.807, 2.05) is 0 Å². The van der Waals surface area contributed by atoms with Crippen molar-refractivity contribution in [2.24, 2.45) is 10.2 Å². The highest BCUT2D eigenvalue weighted by Crippen LogP contribution is 1.92. The second-order valence-corrected chi connectivity index (χ2v) is 3.87. The summed E-state index contributed by atoms with van der Waals surface area (Å²) in [7, 11) is 0. The third kappa shape index (κ3) is 4.60. The highest BCUT2D eigenvalue weighted by molar-refractivity contribution is 6.16. The fraction of sp³-hybridized carbons (Fsp3) is 0. The smallest absolute Gasteiger partial charge is 0.266 e. The van der Waals surface area contributed by atoms with Crippen LogP contribution >= 0.6 is 0 Å². The molecule has 2 aromatic rings. The lowest BCUT2D eigenvalue weighted by atomic mass is 10.3. The first-order valence-corrected chi connectivity index (χ1v) is 6.25. The van der Waals surface area contributed by atoms with Gasteiger partial charge in [-0.2, -0.15) is 10.2 Å². The Hall–Kier alpha value is -3.42. The molecule has 0 unspecified atom stereocenters. The van der Waals surface area contributed by atoms with E-state index in [1.165, 1.54) is 24.8 Å². The first-order valence-electron chi connectivity index (χ1n) is 6.25. The van der Waals surface area contributed by atoms with Crippen molar-refractivity contribution in [3.8, 4) is 0 Å². The van der Waals surface area contributed by atoms with Crippen molar-refractivity contribution in [3.63, 3.8) is 0 Å². The van der Waals surface area contributed by atoms with Gasteiger partial charge in [-0.15, -0.1) is 0 Å². The van der Waals surface area contributed by atoms with E-state index in [0.717, 1.165) is 0 Å². The average molecular weight is 296 g/mol. The van der Waals surface area contributed by atoms with E-state index in [1.54, 1.807) is 36.4 Å². The van der Waals surface area contributed by atoms with Gasteiger partial charge in [-0.3, -0.25) is 19.6 Å². The number of pyridine rings is 2. The molecule has 0 fully saturated rings. The summed E-state index contributed by atoms with van der Waals surface area (Å²) in [5.74, 6) is -0.884. The summed E-state index contributed by atoms with van der Waals surface area (Å²) in [4.78, 5) is 30.9. The molecule has 8 heteroatoms. The van der Waals surface area contributed by atoms with Crippen molar-refractivity contribution in [3.05, 3.63) is 60.2 Å². The van der Waals surface area contributed by atoms with Crippen molar-refractivity contribution < 1.29 is 9.59 Å². The lowest BCUT2D eigenvalue weighted by Gasteiger charge is -1.97. The molecule has 22 heavy (non-hydrogen) atoms. The molecule has 2 N–H and O–H groups in total. The minimum absolute atomic E-state index is 0.250. The van der Waals surface area contributed by atoms with Gasteiger partial charge in [-0.1, -0.05) is 12.1 Å². The molecule has 0 aliphatic rings. The number of rotatable bonds is 5. The second kappa shape index (κ2) is 8.00. The fourth-order valence-electron chi connectivity index (χ4n) is 1.37. The molecule has 2 aromatic heterocycles. The van der Waals surface area contributed by atoms with E-state index < -0.39 is 11.8 Å². The first-order chi connectivity index (χ1) is 10.8. The van der Waals surface area contributed by atoms with Crippen LogP contribution in [-0.4, -0.2) is 34.2 Å². The zero-order valence-electron chi connectivity index (χ0n) is 11.4. The normalized spacial score (nSPS) is 10.7. The number of nitrogens with zero attached hydrogens (tertiary/aromatic N) is 4. The Morgan fingerprint density at radius 2 is 1.27 bits per heavy atom. The van der Waals surface area contributed by atoms with Crippen LogP contribution in [0.5, 0.6) is 0 Å². The third-order valence-electron chi connectivity index (χ3n) is 2.34. The topological polar surface area (TPSA) is 109 Å². The first kappa shape index (κ1) is 15.0. The molecule has 0 spiro atoms. The summed E-state index contributed by atoms with van der Waals surface area (Å²) in [6.45, 7) is 0. The van der Waals surface area contributed by atoms with Crippen LogP contribution in [0.1, 0.15) is 21.0 Å². The maximum atomic E-state index is 11.6. The van der Waals surface area contributed by atoms with Gasteiger partial charge < -0.3 is 0 Å². The number of carbonyl (C=O) groups is 2. The minimum Gasteiger partial charge on any atom is -0.266 e. The highest BCUT2D eigenvalue weighted by Gasteiger charge is 2.03. The molecular formula is C14H12N6O2. The van der Waals surface area contributed by atoms with Crippen LogP contribution in [0.2, 0.25) is 0 Å². The number of hydrazone groups is 2. The minimum atomic E-state index is -0.442. The standard InChI is InChI=1S/C14H12N6O2/c21-13(11-5-1-3-7-15-11)19-17-9-10-18-20-14(22)12-6-2-4-8-16-12/h1-10H,(H,19,21)(H,20,22). The third-order valence-corrected chi connectivity index (χ3v) is 2.34. The molecule has 2 heterocycles. The summed E-state index contributed by atoms with van der Waals surface area (Å²) in [5.41, 5.74) is 5.04. The van der Waals surface area contributed by atoms with Gasteiger partial charge in [0.05, 0.1) is 12.4 Å². The molecule has 0 aliphatic heterocycles. The van der Waals surface area contributed by atoms with Crippen LogP contribution in [0.15, 0.2) is 59.0 Å². The Balaban J connectivity index is 1.76. The van der Waals surface area contributed by atoms with Crippen LogP contribution in [-0.2, 0) is 0 Å². The SMILES string of the molecule is O=C(NN=CC=NNC(=O)c1ccccn1)c1ccccn1. The van der Waals surface area contributed by atoms with E-state index in [0.29, 0.717) is 0 Å². The zero-order valence-corrected chi connectivity index (χ0v) is 11.4. The monoisotopic (exact) mass is 296 g/mol. The number of amides is 2. The largest absolute Gasteiger partial charge is 0.289 e. The highest BCUT2D eigenvalue weighted by atomic mass is 16.2. The Morgan fingerprint density at radius 3 is 1.64 bits per heavy atom. The number of nitrogens with one attached hydrogen (secondary N) is 2. The fourth-order valence-corrected chi connectivity index (χ4v) is 1.37. The molecule has 0 saturated carbocycles. The van der Waals surface area contributed by atoms with Gasteiger partial charge in [-0.25, -0.2) is 10.9 Å². The Kier molecular flexibility index (Phi) is 5.45. The molecule has 0 saturated heterocycles. The van der Waals surface area contributed by atoms with Gasteiger partial charge in [-0.05, 0) is 24.3 Å². The Bertz CT molecular complexity index is 623. The molecule has 2 rings (SSSR count). The number of hydrogen-bond acceptors (Lipinski definition) is 6. The van der Waals surface area contributed by atoms with Crippen LogP contribution in [0, 0.1) is 0 Å². The van der Waals surface area contributed by atoms with Crippen molar-refractivity contribution in [1.82, 2.24) is 20.8 Å². The van der Waals surface area contributed by atoms with Crippen LogP contribution in [0.3, 0.4) is 0 Å². The quantitative estimate of drug-likeness (QED) is 0.622. The van der Waals surface area contributed by atoms with Crippen LogP contribution in [0.25, 0.3) is 0 Å². The van der Waals surface area contributed by atoms with Gasteiger partial charge in [0.15, 0.2) is 0 Å². The van der Waals surface area contributed by atoms with Crippen molar-refractivity contribution in [2.45, 2.75) is 0 Å². The molecular weight excluding hydrogens is 284 g/mol. The van der Waals surface area contributed by atoms with Gasteiger partial charge in [0.1, 0.15) is 11.4 Å². The number of carbonyl (C=O) groups excluding carboxylic acids is 2. The average Bonchev–Trinajstić information content (AvgIpc) is 2.59. The van der Waals surface area contributed by atoms with Gasteiger partial charge in [0, 0.05) is 12.4 Å². The maximum absolute atomic E-state index is 11.6. The summed E-state index contributed by atoms with van der Waals surface area (Å²) >= 11 is 0. The molecule has 0 atom stereocenters. The molecule has 110 valence electrons. The van der Waals surface area contributed by atoms with Gasteiger partial charge in [0.25, 0.3) is 11.8 Å². The summed E-state index contributed by atoms with van der Waals surface area (Å²) in [6, 6.07) is 9.92. The van der Waals surface area contributed by atoms with Gasteiger partial charge in [0.2, 0.25) is 0 Å². The van der Waals surface area contributed by atoms with E-state index in [4.69, 9.17) is 0 Å². The maximum Gasteiger partial charge on any atom is 0.289 e. The summed E-state index contributed by atoms with van der Waals surface area (Å²) < 4.78 is 0. The van der Waals surface area contributed by atoms with E-state index >= 15 is 0 Å². The molecule has 0 radical (unpaired) electrons. The van der Waals surface area contributed by atoms with Gasteiger partial charge >= 0.3 is 0 Å². The molecule has 8 nitrogen and oxygen atoms in total. The molecule has 0 aliphatic carbocycles. The number of aromatic nitrogens is 2. The summed E-state index contributed by atoms with van der Waals surface area (Å²) in [5, 5.41) is 7.27. The Morgan fingerprint density at radius 1 is 0.818 bits per heavy atom. The predicted octanol–water partition coefficient (Wildman–Crippen LogP) is 0.608. The lowest BCUT2D eigenvalue weighted by Crippen LogP contribution is -2.20. The van der Waals surface area contributed by atoms with E-state index in [-0.39, 0.29) is 11.4 Å². The predicted molar refractivity (Wildman–Crippen MR) is 80.4 cm³/mol. The van der Waals surface area contributed by atoms with E-state index in [9.17, 15) is 9.59 Å². The summed E-state index contributed by atoms with van der Waals surface area (Å²) in [6.07, 6.45) is 5.46. The van der Waals surface area contributed by atoms with E-state index in [2.05, 4.69) is 31.0 Å². The van der Waals surface area contributed by atoms with Crippen LogP contribution in [0.4, 0.5) is 0 Å². The van der Waals surface area contributed by atoms with Crippen LogP contribution < -0.4 is 10.9 Å². The van der Waals surface area contributed by atoms with Crippen molar-refractivity contribution >= 4 is 24.2 Å². The molecule has 2 amide bonds. The molecule has 0 aromatic carbocycles. The number of hydrogen-bond donors (Lipinski definition) is 2. The van der Waals surface area contributed by atoms with Crippen molar-refractivity contribution in [2.75, 3.05) is 0 Å². The lowest BCUT2D eigenvalue weighted by molar-refractivity contribution is 0.0942. The second-order valence-electron chi connectivity index (χ2n) is 3.87.